The largest absolute Gasteiger partial charge is 0.419 e. The highest BCUT2D eigenvalue weighted by atomic mass is 35.5. The molecular weight excluding hydrogens is 263 g/mol. The Morgan fingerprint density at radius 1 is 1.50 bits per heavy atom. The molecule has 88 valence electrons. The molecule has 0 radical (unpaired) electrons. The molecule has 0 aliphatic carbocycles. The van der Waals surface area contributed by atoms with Crippen molar-refractivity contribution in [2.24, 2.45) is 0 Å². The van der Waals surface area contributed by atoms with Crippen LogP contribution >= 0.6 is 23.4 Å². The highest BCUT2D eigenvalue weighted by molar-refractivity contribution is 7.99. The minimum absolute atomic E-state index is 0.0880. The first-order valence-corrected chi connectivity index (χ1v) is 5.86. The van der Waals surface area contributed by atoms with Crippen molar-refractivity contribution in [3.63, 3.8) is 0 Å². The molecule has 0 saturated carbocycles. The second kappa shape index (κ2) is 4.38. The Morgan fingerprint density at radius 2 is 2.25 bits per heavy atom. The molecule has 1 aliphatic heterocycles. The van der Waals surface area contributed by atoms with Gasteiger partial charge in [-0.25, -0.2) is 9.97 Å². The maximum atomic E-state index is 12.7. The van der Waals surface area contributed by atoms with Gasteiger partial charge in [0.15, 0.2) is 0 Å². The zero-order chi connectivity index (χ0) is 11.8. The van der Waals surface area contributed by atoms with E-state index in [4.69, 9.17) is 11.6 Å². The van der Waals surface area contributed by atoms with Crippen molar-refractivity contribution in [3.8, 4) is 0 Å². The maximum absolute atomic E-state index is 12.7. The summed E-state index contributed by atoms with van der Waals surface area (Å²) in [6.07, 6.45) is -3.73. The molecule has 1 fully saturated rings. The molecule has 0 spiro atoms. The molecule has 1 aromatic rings. The molecule has 3 nitrogen and oxygen atoms in total. The van der Waals surface area contributed by atoms with Crippen LogP contribution < -0.4 is 5.32 Å². The topological polar surface area (TPSA) is 37.8 Å². The molecular formula is C8H7ClF3N3S. The minimum Gasteiger partial charge on any atom is -0.300 e. The number of rotatable bonds is 1. The standard InChI is InChI=1S/C8H7ClF3N3S/c9-7-14-3-4(8(10,11)12)5(15-7)6-13-1-2-16-6/h3,6,13H,1-2H2. The first-order valence-electron chi connectivity index (χ1n) is 4.43. The molecule has 1 atom stereocenters. The van der Waals surface area contributed by atoms with Crippen molar-refractivity contribution in [3.05, 3.63) is 22.7 Å². The SMILES string of the molecule is FC(F)(F)c1cnc(Cl)nc1C1NCCS1. The van der Waals surface area contributed by atoms with Gasteiger partial charge < -0.3 is 0 Å². The van der Waals surface area contributed by atoms with Crippen LogP contribution in [0.4, 0.5) is 13.2 Å². The lowest BCUT2D eigenvalue weighted by molar-refractivity contribution is -0.138. The van der Waals surface area contributed by atoms with Crippen LogP contribution in [-0.4, -0.2) is 22.3 Å². The average Bonchev–Trinajstić information content (AvgIpc) is 2.68. The summed E-state index contributed by atoms with van der Waals surface area (Å²) < 4.78 is 38.0. The van der Waals surface area contributed by atoms with Crippen LogP contribution in [0.25, 0.3) is 0 Å². The van der Waals surface area contributed by atoms with Crippen molar-refractivity contribution < 1.29 is 13.2 Å². The van der Waals surface area contributed by atoms with Crippen LogP contribution in [0.15, 0.2) is 6.20 Å². The molecule has 1 aliphatic rings. The molecule has 8 heteroatoms. The van der Waals surface area contributed by atoms with Crippen molar-refractivity contribution in [2.45, 2.75) is 11.6 Å². The molecule has 16 heavy (non-hydrogen) atoms. The third kappa shape index (κ3) is 2.41. The summed E-state index contributed by atoms with van der Waals surface area (Å²) >= 11 is 6.89. The Labute approximate surface area is 98.8 Å². The minimum atomic E-state index is -4.45. The fourth-order valence-corrected chi connectivity index (χ4v) is 2.58. The fraction of sp³-hybridized carbons (Fsp3) is 0.500. The average molecular weight is 270 g/mol. The lowest BCUT2D eigenvalue weighted by atomic mass is 10.2. The van der Waals surface area contributed by atoms with Crippen molar-refractivity contribution in [1.29, 1.82) is 0 Å². The predicted octanol–water partition coefficient (Wildman–Crippen LogP) is 2.48. The van der Waals surface area contributed by atoms with Gasteiger partial charge in [0.2, 0.25) is 5.28 Å². The summed E-state index contributed by atoms with van der Waals surface area (Å²) in [6.45, 7) is 0.661. The van der Waals surface area contributed by atoms with E-state index >= 15 is 0 Å². The third-order valence-electron chi connectivity index (χ3n) is 2.06. The summed E-state index contributed by atoms with van der Waals surface area (Å²) in [5, 5.41) is 2.30. The van der Waals surface area contributed by atoms with Crippen molar-refractivity contribution in [2.75, 3.05) is 12.3 Å². The van der Waals surface area contributed by atoms with Gasteiger partial charge in [0.25, 0.3) is 0 Å². The molecule has 2 rings (SSSR count). The van der Waals surface area contributed by atoms with E-state index in [-0.39, 0.29) is 11.0 Å². The first kappa shape index (κ1) is 11.9. The summed E-state index contributed by atoms with van der Waals surface area (Å²) in [4.78, 5) is 7.05. The summed E-state index contributed by atoms with van der Waals surface area (Å²) in [5.41, 5.74) is -0.918. The van der Waals surface area contributed by atoms with Gasteiger partial charge >= 0.3 is 6.18 Å². The highest BCUT2D eigenvalue weighted by Gasteiger charge is 2.37. The number of halogens is 4. The number of alkyl halides is 3. The smallest absolute Gasteiger partial charge is 0.300 e. The molecule has 1 saturated heterocycles. The van der Waals surface area contributed by atoms with Crippen LogP contribution in [-0.2, 0) is 6.18 Å². The van der Waals surface area contributed by atoms with Crippen molar-refractivity contribution in [1.82, 2.24) is 15.3 Å². The number of thioether (sulfide) groups is 1. The van der Waals surface area contributed by atoms with Crippen LogP contribution in [0, 0.1) is 0 Å². The Hall–Kier alpha value is -0.530. The predicted molar refractivity (Wildman–Crippen MR) is 55.2 cm³/mol. The van der Waals surface area contributed by atoms with Crippen molar-refractivity contribution >= 4 is 23.4 Å². The molecule has 1 N–H and O–H groups in total. The Balaban J connectivity index is 2.43. The molecule has 2 heterocycles. The van der Waals surface area contributed by atoms with Gasteiger partial charge in [0.05, 0.1) is 16.6 Å². The number of nitrogens with zero attached hydrogens (tertiary/aromatic N) is 2. The van der Waals surface area contributed by atoms with E-state index in [2.05, 4.69) is 15.3 Å². The lowest BCUT2D eigenvalue weighted by Gasteiger charge is -2.15. The lowest BCUT2D eigenvalue weighted by Crippen LogP contribution is -2.19. The van der Waals surface area contributed by atoms with Crippen LogP contribution in [0.2, 0.25) is 5.28 Å². The summed E-state index contributed by atoms with van der Waals surface area (Å²) in [6, 6.07) is 0. The second-order valence-corrected chi connectivity index (χ2v) is 4.69. The Bertz CT molecular complexity index is 393. The van der Waals surface area contributed by atoms with Crippen LogP contribution in [0.1, 0.15) is 16.6 Å². The quantitative estimate of drug-likeness (QED) is 0.795. The number of aromatic nitrogens is 2. The van der Waals surface area contributed by atoms with Gasteiger partial charge in [0.1, 0.15) is 0 Å². The third-order valence-corrected chi connectivity index (χ3v) is 3.40. The molecule has 0 amide bonds. The zero-order valence-corrected chi connectivity index (χ0v) is 9.46. The van der Waals surface area contributed by atoms with Gasteiger partial charge in [0, 0.05) is 18.5 Å². The van der Waals surface area contributed by atoms with E-state index in [0.717, 1.165) is 11.9 Å². The van der Waals surface area contributed by atoms with Gasteiger partial charge in [-0.1, -0.05) is 0 Å². The maximum Gasteiger partial charge on any atom is 0.419 e. The second-order valence-electron chi connectivity index (χ2n) is 3.14. The number of hydrogen-bond acceptors (Lipinski definition) is 4. The first-order chi connectivity index (χ1) is 7.48. The molecule has 1 aromatic heterocycles. The van der Waals surface area contributed by atoms with E-state index in [0.29, 0.717) is 6.54 Å². The highest BCUT2D eigenvalue weighted by Crippen LogP contribution is 2.38. The number of hydrogen-bond donors (Lipinski definition) is 1. The Kier molecular flexibility index (Phi) is 3.27. The monoisotopic (exact) mass is 269 g/mol. The fourth-order valence-electron chi connectivity index (χ4n) is 1.39. The van der Waals surface area contributed by atoms with E-state index in [1.54, 1.807) is 0 Å². The zero-order valence-electron chi connectivity index (χ0n) is 7.88. The number of nitrogens with one attached hydrogen (secondary N) is 1. The van der Waals surface area contributed by atoms with E-state index in [1.165, 1.54) is 11.8 Å². The summed E-state index contributed by atoms with van der Waals surface area (Å²) in [7, 11) is 0. The van der Waals surface area contributed by atoms with E-state index < -0.39 is 17.1 Å². The molecule has 0 aromatic carbocycles. The van der Waals surface area contributed by atoms with Gasteiger partial charge in [-0.2, -0.15) is 13.2 Å². The molecule has 1 unspecified atom stereocenters. The van der Waals surface area contributed by atoms with Gasteiger partial charge in [-0.15, -0.1) is 11.8 Å². The van der Waals surface area contributed by atoms with E-state index in [9.17, 15) is 13.2 Å². The van der Waals surface area contributed by atoms with Crippen LogP contribution in [0.5, 0.6) is 0 Å². The van der Waals surface area contributed by atoms with Gasteiger partial charge in [-0.3, -0.25) is 5.32 Å². The van der Waals surface area contributed by atoms with Crippen LogP contribution in [0.3, 0.4) is 0 Å². The van der Waals surface area contributed by atoms with Gasteiger partial charge in [-0.05, 0) is 11.6 Å². The molecule has 0 bridgehead atoms. The summed E-state index contributed by atoms with van der Waals surface area (Å²) in [5.74, 6) is 0.754. The normalized spacial score (nSPS) is 21.4. The Morgan fingerprint density at radius 3 is 2.81 bits per heavy atom. The van der Waals surface area contributed by atoms with E-state index in [1.807, 2.05) is 0 Å².